The lowest BCUT2D eigenvalue weighted by atomic mass is 9.96. The summed E-state index contributed by atoms with van der Waals surface area (Å²) < 4.78 is 28.1. The molecular weight excluding hydrogens is 402 g/mol. The lowest BCUT2D eigenvalue weighted by Crippen LogP contribution is -2.58. The number of rotatable bonds is 7. The summed E-state index contributed by atoms with van der Waals surface area (Å²) in [5.41, 5.74) is 1.05. The zero-order valence-electron chi connectivity index (χ0n) is 17.2. The molecule has 0 aromatic heterocycles. The van der Waals surface area contributed by atoms with E-state index in [9.17, 15) is 18.3 Å². The summed E-state index contributed by atoms with van der Waals surface area (Å²) in [7, 11) is -2.12. The van der Waals surface area contributed by atoms with Crippen LogP contribution in [-0.4, -0.2) is 55.1 Å². The van der Waals surface area contributed by atoms with Crippen LogP contribution in [0.2, 0.25) is 0 Å². The van der Waals surface area contributed by atoms with Crippen LogP contribution in [0.1, 0.15) is 18.4 Å². The number of hydrogen-bond acceptors (Lipinski definition) is 5. The zero-order valence-corrected chi connectivity index (χ0v) is 18.1. The van der Waals surface area contributed by atoms with Crippen molar-refractivity contribution in [1.82, 2.24) is 4.90 Å². The molecule has 0 bridgehead atoms. The smallest absolute Gasteiger partial charge is 0.326 e. The minimum absolute atomic E-state index is 0.0212. The Labute approximate surface area is 178 Å². The Bertz CT molecular complexity index is 915. The molecule has 3 rings (SSSR count). The monoisotopic (exact) mass is 431 g/mol. The van der Waals surface area contributed by atoms with Crippen LogP contribution in [0.15, 0.2) is 73.3 Å². The number of benzene rings is 2. The Hall–Kier alpha value is -2.64. The third-order valence-corrected chi connectivity index (χ3v) is 7.46. The van der Waals surface area contributed by atoms with E-state index in [-0.39, 0.29) is 18.7 Å². The van der Waals surface area contributed by atoms with Gasteiger partial charge in [-0.3, -0.25) is 9.69 Å². The van der Waals surface area contributed by atoms with Gasteiger partial charge in [-0.1, -0.05) is 54.6 Å². The summed E-state index contributed by atoms with van der Waals surface area (Å²) in [5.74, 6) is -0.655. The first-order chi connectivity index (χ1) is 14.3. The number of ether oxygens (including phenoxy) is 1. The molecule has 1 aliphatic heterocycles. The summed E-state index contributed by atoms with van der Waals surface area (Å²) in [4.78, 5) is 13.7. The van der Waals surface area contributed by atoms with E-state index >= 15 is 0 Å². The maximum absolute atomic E-state index is 12.5. The van der Waals surface area contributed by atoms with Gasteiger partial charge in [0.25, 0.3) is 0 Å². The van der Waals surface area contributed by atoms with Crippen molar-refractivity contribution in [2.75, 3.05) is 26.0 Å². The average molecular weight is 432 g/mol. The molecule has 0 saturated carbocycles. The normalized spacial score (nSPS) is 19.2. The lowest BCUT2D eigenvalue weighted by molar-refractivity contribution is -0.141. The molecule has 7 heteroatoms. The molecule has 1 heterocycles. The summed E-state index contributed by atoms with van der Waals surface area (Å²) in [6.45, 7) is 4.71. The number of aliphatic carboxylic acids is 1. The largest absolute Gasteiger partial charge is 0.497 e. The molecule has 0 amide bonds. The van der Waals surface area contributed by atoms with E-state index in [2.05, 4.69) is 6.58 Å². The molecule has 6 nitrogen and oxygen atoms in total. The second-order valence-electron chi connectivity index (χ2n) is 7.19. The highest BCUT2D eigenvalue weighted by Gasteiger charge is 2.52. The highest BCUT2D eigenvalue weighted by atomic mass is 32.2. The Morgan fingerprint density at radius 2 is 1.77 bits per heavy atom. The summed E-state index contributed by atoms with van der Waals surface area (Å²) in [6, 6.07) is 19.3. The maximum Gasteiger partial charge on any atom is 0.326 e. The molecule has 1 atom stereocenters. The van der Waals surface area contributed by atoms with Crippen molar-refractivity contribution in [2.45, 2.75) is 24.1 Å². The quantitative estimate of drug-likeness (QED) is 0.677. The number of piperidine rings is 1. The summed E-state index contributed by atoms with van der Waals surface area (Å²) >= 11 is 0. The molecule has 0 radical (unpaired) electrons. The SMILES string of the molecule is C=CCS(=O)(=O)C1(C(=O)O)CCCN(Cc2ccccc2)C1.COc1ccccc1. The Balaban J connectivity index is 0.000000335. The van der Waals surface area contributed by atoms with Gasteiger partial charge in [-0.15, -0.1) is 6.58 Å². The summed E-state index contributed by atoms with van der Waals surface area (Å²) in [5, 5.41) is 9.59. The van der Waals surface area contributed by atoms with Gasteiger partial charge in [0.05, 0.1) is 12.9 Å². The van der Waals surface area contributed by atoms with Gasteiger partial charge in [0.2, 0.25) is 0 Å². The molecule has 2 aromatic rings. The van der Waals surface area contributed by atoms with E-state index in [4.69, 9.17) is 4.74 Å². The van der Waals surface area contributed by atoms with Crippen molar-refractivity contribution in [3.63, 3.8) is 0 Å². The second-order valence-corrected chi connectivity index (χ2v) is 9.53. The molecule has 1 unspecified atom stereocenters. The van der Waals surface area contributed by atoms with E-state index in [1.54, 1.807) is 7.11 Å². The minimum atomic E-state index is -3.78. The molecule has 0 aliphatic carbocycles. The van der Waals surface area contributed by atoms with Crippen molar-refractivity contribution in [3.8, 4) is 5.75 Å². The third kappa shape index (κ3) is 5.93. The van der Waals surface area contributed by atoms with Crippen molar-refractivity contribution < 1.29 is 23.1 Å². The molecular formula is C23H29NO5S. The van der Waals surface area contributed by atoms with Gasteiger partial charge < -0.3 is 9.84 Å². The molecule has 2 aromatic carbocycles. The van der Waals surface area contributed by atoms with Crippen LogP contribution in [-0.2, 0) is 21.2 Å². The van der Waals surface area contributed by atoms with Crippen LogP contribution < -0.4 is 4.74 Å². The number of para-hydroxylation sites is 1. The molecule has 1 saturated heterocycles. The number of sulfone groups is 1. The van der Waals surface area contributed by atoms with Crippen LogP contribution in [0.3, 0.4) is 0 Å². The number of methoxy groups -OCH3 is 1. The van der Waals surface area contributed by atoms with Gasteiger partial charge in [0, 0.05) is 13.1 Å². The van der Waals surface area contributed by atoms with E-state index in [1.165, 1.54) is 6.08 Å². The van der Waals surface area contributed by atoms with E-state index in [0.717, 1.165) is 11.3 Å². The predicted octanol–water partition coefficient (Wildman–Crippen LogP) is 3.40. The highest BCUT2D eigenvalue weighted by molar-refractivity contribution is 7.93. The fourth-order valence-corrected chi connectivity index (χ4v) is 5.25. The summed E-state index contributed by atoms with van der Waals surface area (Å²) in [6.07, 6.45) is 1.97. The van der Waals surface area contributed by atoms with Crippen molar-refractivity contribution in [1.29, 1.82) is 0 Å². The van der Waals surface area contributed by atoms with Gasteiger partial charge in [-0.2, -0.15) is 0 Å². The van der Waals surface area contributed by atoms with Crippen molar-refractivity contribution in [3.05, 3.63) is 78.9 Å². The van der Waals surface area contributed by atoms with E-state index < -0.39 is 20.6 Å². The van der Waals surface area contributed by atoms with Crippen LogP contribution in [0, 0.1) is 0 Å². The molecule has 1 aliphatic rings. The molecule has 30 heavy (non-hydrogen) atoms. The Morgan fingerprint density at radius 1 is 1.17 bits per heavy atom. The first kappa shape index (κ1) is 23.6. The fraction of sp³-hybridized carbons (Fsp3) is 0.348. The van der Waals surface area contributed by atoms with Gasteiger partial charge in [0.1, 0.15) is 5.75 Å². The minimum Gasteiger partial charge on any atom is -0.497 e. The molecule has 162 valence electrons. The van der Waals surface area contributed by atoms with E-state index in [1.807, 2.05) is 65.6 Å². The number of carboxylic acids is 1. The average Bonchev–Trinajstić information content (AvgIpc) is 2.75. The zero-order chi connectivity index (χ0) is 22.0. The van der Waals surface area contributed by atoms with E-state index in [0.29, 0.717) is 19.5 Å². The third-order valence-electron chi connectivity index (χ3n) is 5.08. The number of carbonyl (C=O) groups is 1. The number of hydrogen-bond donors (Lipinski definition) is 1. The lowest BCUT2D eigenvalue weighted by Gasteiger charge is -2.39. The molecule has 1 N–H and O–H groups in total. The van der Waals surface area contributed by atoms with Crippen molar-refractivity contribution >= 4 is 15.8 Å². The topological polar surface area (TPSA) is 83.9 Å². The number of carboxylic acid groups (broad SMARTS) is 1. The standard InChI is InChI=1S/C16H21NO4S.C7H8O/c1-2-11-22(20,21)16(15(18)19)9-6-10-17(13-16)12-14-7-4-3-5-8-14;1-8-7-5-3-2-4-6-7/h2-5,7-8H,1,6,9-13H2,(H,18,19);2-6H,1H3. The first-order valence-electron chi connectivity index (χ1n) is 9.76. The molecule has 1 fully saturated rings. The fourth-order valence-electron chi connectivity index (χ4n) is 3.52. The highest BCUT2D eigenvalue weighted by Crippen LogP contribution is 2.31. The van der Waals surface area contributed by atoms with Gasteiger partial charge >= 0.3 is 5.97 Å². The van der Waals surface area contributed by atoms with Gasteiger partial charge in [0.15, 0.2) is 14.6 Å². The van der Waals surface area contributed by atoms with Gasteiger partial charge in [-0.25, -0.2) is 8.42 Å². The first-order valence-corrected chi connectivity index (χ1v) is 11.4. The predicted molar refractivity (Wildman–Crippen MR) is 118 cm³/mol. The Morgan fingerprint density at radius 3 is 2.27 bits per heavy atom. The Kier molecular flexibility index (Phi) is 8.62. The number of nitrogens with zero attached hydrogens (tertiary/aromatic N) is 1. The number of likely N-dealkylation sites (tertiary alicyclic amines) is 1. The van der Waals surface area contributed by atoms with Crippen LogP contribution in [0.5, 0.6) is 5.75 Å². The molecule has 0 spiro atoms. The van der Waals surface area contributed by atoms with Crippen LogP contribution in [0.25, 0.3) is 0 Å². The second kappa shape index (κ2) is 10.9. The van der Waals surface area contributed by atoms with Crippen LogP contribution >= 0.6 is 0 Å². The van der Waals surface area contributed by atoms with Crippen LogP contribution in [0.4, 0.5) is 0 Å². The maximum atomic E-state index is 12.5. The van der Waals surface area contributed by atoms with Crippen molar-refractivity contribution in [2.24, 2.45) is 0 Å². The van der Waals surface area contributed by atoms with Gasteiger partial charge in [-0.05, 0) is 37.1 Å².